The molecule has 1 fully saturated rings. The maximum absolute atomic E-state index is 13.2. The van der Waals surface area contributed by atoms with Gasteiger partial charge in [-0.1, -0.05) is 17.3 Å². The lowest BCUT2D eigenvalue weighted by molar-refractivity contribution is 0.209. The number of likely N-dealkylation sites (tertiary alicyclic amines) is 1. The molecule has 20 heavy (non-hydrogen) atoms. The average Bonchev–Trinajstić information content (AvgIpc) is 2.47. The molecule has 0 saturated carbocycles. The monoisotopic (exact) mass is 297 g/mol. The second-order valence-electron chi connectivity index (χ2n) is 5.09. The molecule has 0 bridgehead atoms. The maximum Gasteiger partial charge on any atom is 0.155 e. The van der Waals surface area contributed by atoms with Crippen molar-refractivity contribution in [2.24, 2.45) is 10.9 Å². The summed E-state index contributed by atoms with van der Waals surface area (Å²) in [7, 11) is 0. The maximum atomic E-state index is 13.2. The summed E-state index contributed by atoms with van der Waals surface area (Å²) < 4.78 is 12.9. The minimum Gasteiger partial charge on any atom is -0.409 e. The third-order valence-electron chi connectivity index (χ3n) is 3.92. The third kappa shape index (κ3) is 3.24. The van der Waals surface area contributed by atoms with E-state index in [1.165, 1.54) is 6.07 Å². The highest BCUT2D eigenvalue weighted by Crippen LogP contribution is 2.35. The van der Waals surface area contributed by atoms with Crippen molar-refractivity contribution in [1.29, 1.82) is 0 Å². The quantitative estimate of drug-likeness (QED) is 0.387. The first kappa shape index (κ1) is 15.1. The van der Waals surface area contributed by atoms with Crippen LogP contribution in [-0.4, -0.2) is 40.0 Å². The standard InChI is InChI=1S/C14H20FN3OS/c1-20-14(13(16)17-19)5-7-18(8-6-14)10-11-3-2-4-12(15)9-11/h2-4,9,19H,5-8,10H2,1H3,(H2,16,17). The highest BCUT2D eigenvalue weighted by atomic mass is 32.2. The molecule has 1 aromatic carbocycles. The Bertz CT molecular complexity index is 487. The predicted molar refractivity (Wildman–Crippen MR) is 80.6 cm³/mol. The lowest BCUT2D eigenvalue weighted by atomic mass is 9.94. The first-order valence-corrected chi connectivity index (χ1v) is 7.82. The molecule has 3 N–H and O–H groups in total. The Hall–Kier alpha value is -1.27. The Kier molecular flexibility index (Phi) is 4.88. The highest BCUT2D eigenvalue weighted by molar-refractivity contribution is 8.00. The Balaban J connectivity index is 1.97. The van der Waals surface area contributed by atoms with Crippen molar-refractivity contribution in [3.8, 4) is 0 Å². The van der Waals surface area contributed by atoms with Crippen molar-refractivity contribution in [3.05, 3.63) is 35.6 Å². The van der Waals surface area contributed by atoms with E-state index in [4.69, 9.17) is 10.9 Å². The molecule has 0 spiro atoms. The van der Waals surface area contributed by atoms with Gasteiger partial charge in [-0.2, -0.15) is 11.8 Å². The van der Waals surface area contributed by atoms with Gasteiger partial charge < -0.3 is 10.9 Å². The van der Waals surface area contributed by atoms with E-state index < -0.39 is 0 Å². The molecule has 0 aromatic heterocycles. The molecule has 1 aromatic rings. The lowest BCUT2D eigenvalue weighted by Gasteiger charge is -2.39. The van der Waals surface area contributed by atoms with Crippen molar-refractivity contribution in [2.75, 3.05) is 19.3 Å². The highest BCUT2D eigenvalue weighted by Gasteiger charge is 2.38. The molecule has 1 aliphatic heterocycles. The average molecular weight is 297 g/mol. The number of halogens is 1. The van der Waals surface area contributed by atoms with Crippen LogP contribution in [0.15, 0.2) is 29.4 Å². The van der Waals surface area contributed by atoms with E-state index in [1.807, 2.05) is 12.3 Å². The molecular weight excluding hydrogens is 277 g/mol. The Morgan fingerprint density at radius 1 is 1.50 bits per heavy atom. The van der Waals surface area contributed by atoms with Crippen LogP contribution in [0.25, 0.3) is 0 Å². The summed E-state index contributed by atoms with van der Waals surface area (Å²) in [5.74, 6) is 0.102. The number of nitrogens with zero attached hydrogens (tertiary/aromatic N) is 2. The van der Waals surface area contributed by atoms with E-state index in [1.54, 1.807) is 23.9 Å². The van der Waals surface area contributed by atoms with E-state index in [-0.39, 0.29) is 10.6 Å². The number of amidine groups is 1. The van der Waals surface area contributed by atoms with Gasteiger partial charge in [-0.25, -0.2) is 4.39 Å². The lowest BCUT2D eigenvalue weighted by Crippen LogP contribution is -2.49. The summed E-state index contributed by atoms with van der Waals surface area (Å²) in [6.45, 7) is 2.44. The van der Waals surface area contributed by atoms with Crippen LogP contribution >= 0.6 is 11.8 Å². The van der Waals surface area contributed by atoms with Gasteiger partial charge in [0.2, 0.25) is 0 Å². The molecule has 1 heterocycles. The summed E-state index contributed by atoms with van der Waals surface area (Å²) >= 11 is 1.63. The smallest absolute Gasteiger partial charge is 0.155 e. The Morgan fingerprint density at radius 3 is 2.75 bits per heavy atom. The van der Waals surface area contributed by atoms with Crippen molar-refractivity contribution in [3.63, 3.8) is 0 Å². The zero-order valence-electron chi connectivity index (χ0n) is 11.6. The van der Waals surface area contributed by atoms with Crippen LogP contribution in [0.2, 0.25) is 0 Å². The third-order valence-corrected chi connectivity index (χ3v) is 5.32. The van der Waals surface area contributed by atoms with Crippen molar-refractivity contribution in [1.82, 2.24) is 4.90 Å². The summed E-state index contributed by atoms with van der Waals surface area (Å²) in [4.78, 5) is 2.27. The fraction of sp³-hybridized carbons (Fsp3) is 0.500. The minimum absolute atomic E-state index is 0.199. The van der Waals surface area contributed by atoms with E-state index in [0.717, 1.165) is 38.0 Å². The summed E-state index contributed by atoms with van der Waals surface area (Å²) in [6.07, 6.45) is 3.65. The fourth-order valence-electron chi connectivity index (χ4n) is 2.62. The second kappa shape index (κ2) is 6.45. The van der Waals surface area contributed by atoms with Gasteiger partial charge in [0.25, 0.3) is 0 Å². The summed E-state index contributed by atoms with van der Waals surface area (Å²) in [6, 6.07) is 6.69. The van der Waals surface area contributed by atoms with Gasteiger partial charge in [0.15, 0.2) is 5.84 Å². The van der Waals surface area contributed by atoms with Crippen molar-refractivity contribution < 1.29 is 9.60 Å². The molecule has 0 aliphatic carbocycles. The molecule has 6 heteroatoms. The number of oxime groups is 1. The molecule has 110 valence electrons. The Labute approximate surface area is 122 Å². The molecule has 0 unspecified atom stereocenters. The number of hydrogen-bond donors (Lipinski definition) is 2. The molecular formula is C14H20FN3OS. The van der Waals surface area contributed by atoms with Gasteiger partial charge in [0, 0.05) is 19.6 Å². The number of thioether (sulfide) groups is 1. The molecule has 0 radical (unpaired) electrons. The minimum atomic E-state index is -0.271. The SMILES string of the molecule is CSC1(C(N)=NO)CCN(Cc2cccc(F)c2)CC1. The van der Waals surface area contributed by atoms with Gasteiger partial charge in [0.1, 0.15) is 5.82 Å². The summed E-state index contributed by atoms with van der Waals surface area (Å²) in [5, 5.41) is 12.1. The summed E-state index contributed by atoms with van der Waals surface area (Å²) in [5.41, 5.74) is 6.80. The van der Waals surface area contributed by atoms with Crippen LogP contribution in [0.3, 0.4) is 0 Å². The van der Waals surface area contributed by atoms with E-state index in [9.17, 15) is 4.39 Å². The molecule has 0 atom stereocenters. The van der Waals surface area contributed by atoms with Gasteiger partial charge in [0.05, 0.1) is 4.75 Å². The van der Waals surface area contributed by atoms with Gasteiger partial charge in [-0.3, -0.25) is 4.90 Å². The van der Waals surface area contributed by atoms with Crippen LogP contribution in [-0.2, 0) is 6.54 Å². The Morgan fingerprint density at radius 2 is 2.20 bits per heavy atom. The number of nitrogens with two attached hydrogens (primary N) is 1. The van der Waals surface area contributed by atoms with E-state index in [0.29, 0.717) is 5.84 Å². The van der Waals surface area contributed by atoms with Crippen LogP contribution in [0.4, 0.5) is 4.39 Å². The van der Waals surface area contributed by atoms with Gasteiger partial charge >= 0.3 is 0 Å². The van der Waals surface area contributed by atoms with Gasteiger partial charge in [-0.15, -0.1) is 0 Å². The number of piperidine rings is 1. The number of hydrogen-bond acceptors (Lipinski definition) is 4. The van der Waals surface area contributed by atoms with Crippen LogP contribution in [0.5, 0.6) is 0 Å². The topological polar surface area (TPSA) is 61.9 Å². The molecule has 1 aliphatic rings. The number of benzene rings is 1. The zero-order valence-corrected chi connectivity index (χ0v) is 12.4. The number of rotatable bonds is 4. The van der Waals surface area contributed by atoms with E-state index in [2.05, 4.69) is 10.1 Å². The zero-order chi connectivity index (χ0) is 14.6. The van der Waals surface area contributed by atoms with Crippen molar-refractivity contribution in [2.45, 2.75) is 24.1 Å². The largest absolute Gasteiger partial charge is 0.409 e. The first-order chi connectivity index (χ1) is 9.59. The first-order valence-electron chi connectivity index (χ1n) is 6.59. The molecule has 0 amide bonds. The van der Waals surface area contributed by atoms with Crippen LogP contribution in [0.1, 0.15) is 18.4 Å². The van der Waals surface area contributed by atoms with E-state index >= 15 is 0 Å². The van der Waals surface area contributed by atoms with Crippen LogP contribution < -0.4 is 5.73 Å². The molecule has 2 rings (SSSR count). The second-order valence-corrected chi connectivity index (χ2v) is 6.28. The van der Waals surface area contributed by atoms with Gasteiger partial charge in [-0.05, 0) is 36.8 Å². The fourth-order valence-corrected chi connectivity index (χ4v) is 3.46. The normalized spacial score (nSPS) is 20.0. The predicted octanol–water partition coefficient (Wildman–Crippen LogP) is 2.27. The van der Waals surface area contributed by atoms with Crippen molar-refractivity contribution >= 4 is 17.6 Å². The molecule has 4 nitrogen and oxygen atoms in total. The van der Waals surface area contributed by atoms with Crippen LogP contribution in [0, 0.1) is 5.82 Å². The molecule has 1 saturated heterocycles.